The first-order chi connectivity index (χ1) is 13.7. The molecule has 0 saturated carbocycles. The van der Waals surface area contributed by atoms with Gasteiger partial charge in [-0.25, -0.2) is 18.9 Å². The third-order valence-corrected chi connectivity index (χ3v) is 4.55. The number of nitrogens with one attached hydrogen (secondary N) is 1. The zero-order valence-corrected chi connectivity index (χ0v) is 14.7. The highest BCUT2D eigenvalue weighted by Gasteiger charge is 2.15. The molecule has 2 aromatic carbocycles. The monoisotopic (exact) mass is 377 g/mol. The van der Waals surface area contributed by atoms with Crippen molar-refractivity contribution in [1.82, 2.24) is 24.5 Å². The summed E-state index contributed by atoms with van der Waals surface area (Å²) in [4.78, 5) is 29.1. The SMILES string of the molecule is O=C(Cn1nc2c3ccccc3ncn2c1=O)NCc1ccc2c(c1)OCO2. The Hall–Kier alpha value is -3.88. The molecule has 1 N–H and O–H groups in total. The Balaban J connectivity index is 1.35. The van der Waals surface area contributed by atoms with Gasteiger partial charge >= 0.3 is 5.69 Å². The number of amides is 1. The van der Waals surface area contributed by atoms with E-state index in [0.717, 1.165) is 21.1 Å². The Kier molecular flexibility index (Phi) is 3.71. The normalized spacial score (nSPS) is 12.6. The minimum Gasteiger partial charge on any atom is -0.454 e. The van der Waals surface area contributed by atoms with Crippen LogP contribution in [-0.2, 0) is 17.9 Å². The van der Waals surface area contributed by atoms with E-state index in [1.54, 1.807) is 6.07 Å². The summed E-state index contributed by atoms with van der Waals surface area (Å²) in [6.07, 6.45) is 1.42. The van der Waals surface area contributed by atoms with Gasteiger partial charge in [-0.05, 0) is 29.8 Å². The van der Waals surface area contributed by atoms with Gasteiger partial charge in [0.2, 0.25) is 12.7 Å². The molecular formula is C19H15N5O4. The van der Waals surface area contributed by atoms with Crippen molar-refractivity contribution in [3.8, 4) is 11.5 Å². The third kappa shape index (κ3) is 2.73. The van der Waals surface area contributed by atoms with Crippen LogP contribution >= 0.6 is 0 Å². The van der Waals surface area contributed by atoms with E-state index in [1.165, 1.54) is 10.7 Å². The molecule has 5 rings (SSSR count). The van der Waals surface area contributed by atoms with Crippen molar-refractivity contribution in [3.05, 3.63) is 64.8 Å². The summed E-state index contributed by atoms with van der Waals surface area (Å²) in [6.45, 7) is 0.326. The molecule has 0 aliphatic carbocycles. The van der Waals surface area contributed by atoms with Gasteiger partial charge in [-0.3, -0.25) is 4.79 Å². The van der Waals surface area contributed by atoms with E-state index in [2.05, 4.69) is 15.4 Å². The van der Waals surface area contributed by atoms with Crippen LogP contribution in [0.15, 0.2) is 53.6 Å². The van der Waals surface area contributed by atoms with Gasteiger partial charge in [-0.2, -0.15) is 0 Å². The summed E-state index contributed by atoms with van der Waals surface area (Å²) in [6, 6.07) is 12.9. The summed E-state index contributed by atoms with van der Waals surface area (Å²) in [7, 11) is 0. The van der Waals surface area contributed by atoms with Gasteiger partial charge in [-0.15, -0.1) is 5.10 Å². The highest BCUT2D eigenvalue weighted by molar-refractivity contribution is 5.90. The van der Waals surface area contributed by atoms with Crippen molar-refractivity contribution >= 4 is 22.5 Å². The molecule has 0 atom stereocenters. The fourth-order valence-corrected chi connectivity index (χ4v) is 3.15. The average Bonchev–Trinajstić information content (AvgIpc) is 3.31. The van der Waals surface area contributed by atoms with Gasteiger partial charge in [-0.1, -0.05) is 18.2 Å². The van der Waals surface area contributed by atoms with Crippen LogP contribution in [-0.4, -0.2) is 31.9 Å². The molecule has 0 unspecified atom stereocenters. The minimum absolute atomic E-state index is 0.181. The highest BCUT2D eigenvalue weighted by atomic mass is 16.7. The summed E-state index contributed by atoms with van der Waals surface area (Å²) < 4.78 is 13.1. The average molecular weight is 377 g/mol. The predicted molar refractivity (Wildman–Crippen MR) is 99.2 cm³/mol. The Morgan fingerprint density at radius 2 is 2.00 bits per heavy atom. The summed E-state index contributed by atoms with van der Waals surface area (Å²) >= 11 is 0. The van der Waals surface area contributed by atoms with Crippen molar-refractivity contribution in [2.45, 2.75) is 13.1 Å². The van der Waals surface area contributed by atoms with Crippen molar-refractivity contribution in [1.29, 1.82) is 0 Å². The van der Waals surface area contributed by atoms with Crippen molar-refractivity contribution in [2.24, 2.45) is 0 Å². The quantitative estimate of drug-likeness (QED) is 0.572. The van der Waals surface area contributed by atoms with Crippen molar-refractivity contribution < 1.29 is 14.3 Å². The maximum Gasteiger partial charge on any atom is 0.352 e. The Bertz CT molecular complexity index is 1280. The molecule has 3 heterocycles. The number of benzene rings is 2. The van der Waals surface area contributed by atoms with E-state index in [4.69, 9.17) is 9.47 Å². The molecule has 9 nitrogen and oxygen atoms in total. The Morgan fingerprint density at radius 1 is 1.14 bits per heavy atom. The van der Waals surface area contributed by atoms with E-state index < -0.39 is 5.69 Å². The number of carbonyl (C=O) groups excluding carboxylic acids is 1. The number of hydrogen-bond donors (Lipinski definition) is 1. The molecular weight excluding hydrogens is 362 g/mol. The fourth-order valence-electron chi connectivity index (χ4n) is 3.15. The van der Waals surface area contributed by atoms with Crippen LogP contribution in [0.25, 0.3) is 16.6 Å². The molecule has 0 saturated heterocycles. The third-order valence-electron chi connectivity index (χ3n) is 4.55. The maximum absolute atomic E-state index is 12.5. The molecule has 0 radical (unpaired) electrons. The first-order valence-electron chi connectivity index (χ1n) is 8.67. The molecule has 0 spiro atoms. The summed E-state index contributed by atoms with van der Waals surface area (Å²) in [5, 5.41) is 7.85. The van der Waals surface area contributed by atoms with Crippen LogP contribution in [0.4, 0.5) is 0 Å². The van der Waals surface area contributed by atoms with Crippen LogP contribution in [0.5, 0.6) is 11.5 Å². The van der Waals surface area contributed by atoms with Crippen molar-refractivity contribution in [3.63, 3.8) is 0 Å². The number of aromatic nitrogens is 4. The lowest BCUT2D eigenvalue weighted by Crippen LogP contribution is -2.32. The molecule has 0 bridgehead atoms. The van der Waals surface area contributed by atoms with Crippen LogP contribution in [0.1, 0.15) is 5.56 Å². The molecule has 0 fully saturated rings. The van der Waals surface area contributed by atoms with Crippen LogP contribution in [0.2, 0.25) is 0 Å². The second kappa shape index (κ2) is 6.38. The van der Waals surface area contributed by atoms with E-state index in [0.29, 0.717) is 23.7 Å². The van der Waals surface area contributed by atoms with E-state index in [9.17, 15) is 9.59 Å². The highest BCUT2D eigenvalue weighted by Crippen LogP contribution is 2.32. The number of hydrogen-bond acceptors (Lipinski definition) is 6. The van der Waals surface area contributed by atoms with Crippen LogP contribution in [0, 0.1) is 0 Å². The lowest BCUT2D eigenvalue weighted by Gasteiger charge is -2.06. The van der Waals surface area contributed by atoms with Gasteiger partial charge in [0.15, 0.2) is 17.1 Å². The first-order valence-corrected chi connectivity index (χ1v) is 8.67. The Labute approximate surface area is 158 Å². The molecule has 2 aromatic heterocycles. The van der Waals surface area contributed by atoms with Crippen LogP contribution in [0.3, 0.4) is 0 Å². The number of ether oxygens (including phenoxy) is 2. The fraction of sp³-hybridized carbons (Fsp3) is 0.158. The zero-order valence-electron chi connectivity index (χ0n) is 14.7. The Morgan fingerprint density at radius 3 is 2.93 bits per heavy atom. The van der Waals surface area contributed by atoms with Gasteiger partial charge in [0.05, 0.1) is 5.52 Å². The van der Waals surface area contributed by atoms with E-state index >= 15 is 0 Å². The standard InChI is InChI=1S/C19H15N5O4/c25-17(20-8-12-5-6-15-16(7-12)28-11-27-15)9-24-19(26)23-10-21-14-4-2-1-3-13(14)18(23)22-24/h1-7,10H,8-9,11H2,(H,20,25). The van der Waals surface area contributed by atoms with Gasteiger partial charge < -0.3 is 14.8 Å². The maximum atomic E-state index is 12.5. The number of para-hydroxylation sites is 1. The molecule has 1 aliphatic rings. The van der Waals surface area contributed by atoms with Crippen molar-refractivity contribution in [2.75, 3.05) is 6.79 Å². The predicted octanol–water partition coefficient (Wildman–Crippen LogP) is 1.09. The van der Waals surface area contributed by atoms with Gasteiger partial charge in [0, 0.05) is 11.9 Å². The van der Waals surface area contributed by atoms with Gasteiger partial charge in [0.25, 0.3) is 0 Å². The minimum atomic E-state index is -0.411. The lowest BCUT2D eigenvalue weighted by atomic mass is 10.2. The largest absolute Gasteiger partial charge is 0.454 e. The first kappa shape index (κ1) is 16.3. The molecule has 9 heteroatoms. The topological polar surface area (TPSA) is 99.8 Å². The van der Waals surface area contributed by atoms with Gasteiger partial charge in [0.1, 0.15) is 12.9 Å². The number of nitrogens with zero attached hydrogens (tertiary/aromatic N) is 4. The second-order valence-electron chi connectivity index (χ2n) is 6.36. The number of fused-ring (bicyclic) bond motifs is 4. The smallest absolute Gasteiger partial charge is 0.352 e. The second-order valence-corrected chi connectivity index (χ2v) is 6.36. The van der Waals surface area contributed by atoms with E-state index in [1.807, 2.05) is 36.4 Å². The lowest BCUT2D eigenvalue weighted by molar-refractivity contribution is -0.122. The molecule has 1 amide bonds. The van der Waals surface area contributed by atoms with Crippen LogP contribution < -0.4 is 20.5 Å². The molecule has 4 aromatic rings. The molecule has 1 aliphatic heterocycles. The summed E-state index contributed by atoms with van der Waals surface area (Å²) in [5.41, 5.74) is 1.67. The molecule has 140 valence electrons. The zero-order chi connectivity index (χ0) is 19.1. The summed E-state index contributed by atoms with van der Waals surface area (Å²) in [5.74, 6) is 1.02. The van der Waals surface area contributed by atoms with E-state index in [-0.39, 0.29) is 19.2 Å². The molecule has 28 heavy (non-hydrogen) atoms. The number of rotatable bonds is 4. The number of carbonyl (C=O) groups is 1.